The fourth-order valence-corrected chi connectivity index (χ4v) is 2.65. The van der Waals surface area contributed by atoms with Gasteiger partial charge in [-0.3, -0.25) is 14.1 Å². The van der Waals surface area contributed by atoms with E-state index in [4.69, 9.17) is 0 Å². The molecule has 0 spiro atoms. The van der Waals surface area contributed by atoms with Crippen LogP contribution in [0.5, 0.6) is 0 Å². The molecule has 0 aromatic rings. The lowest BCUT2D eigenvalue weighted by molar-refractivity contribution is -0.134. The van der Waals surface area contributed by atoms with Crippen LogP contribution in [0.25, 0.3) is 0 Å². The Hall–Kier alpha value is -0.470. The van der Waals surface area contributed by atoms with Crippen molar-refractivity contribution < 1.29 is 22.3 Å². The van der Waals surface area contributed by atoms with Crippen LogP contribution in [0.2, 0.25) is 0 Å². The van der Waals surface area contributed by atoms with Gasteiger partial charge in [-0.1, -0.05) is 0 Å². The maximum Gasteiger partial charge on any atom is 0.410 e. The summed E-state index contributed by atoms with van der Waals surface area (Å²) in [4.78, 5) is 0. The predicted octanol–water partition coefficient (Wildman–Crippen LogP) is 1.95. The third-order valence-electron chi connectivity index (χ3n) is 1.94. The maximum absolute atomic E-state index is 12.4. The molecule has 1 heterocycles. The highest BCUT2D eigenvalue weighted by molar-refractivity contribution is 8.37. The van der Waals surface area contributed by atoms with Gasteiger partial charge in [0.15, 0.2) is 5.25 Å². The van der Waals surface area contributed by atoms with Gasteiger partial charge in [0.05, 0.1) is 6.54 Å². The molecule has 0 aromatic heterocycles. The van der Waals surface area contributed by atoms with Crippen molar-refractivity contribution in [1.29, 1.82) is 0 Å². The minimum Gasteiger partial charge on any atom is -0.296 e. The van der Waals surface area contributed by atoms with Crippen molar-refractivity contribution >= 4 is 15.6 Å². The second-order valence-electron chi connectivity index (χ2n) is 3.08. The van der Waals surface area contributed by atoms with Crippen LogP contribution in [0.15, 0.2) is 5.10 Å². The van der Waals surface area contributed by atoms with E-state index in [1.165, 1.54) is 14.0 Å². The second-order valence-corrected chi connectivity index (χ2v) is 5.43. The van der Waals surface area contributed by atoms with Crippen LogP contribution in [-0.4, -0.2) is 44.2 Å². The van der Waals surface area contributed by atoms with Crippen molar-refractivity contribution in [2.75, 3.05) is 13.6 Å². The Balaban J connectivity index is 3.05. The fourth-order valence-electron chi connectivity index (χ4n) is 1.18. The molecule has 4 nitrogen and oxygen atoms in total. The van der Waals surface area contributed by atoms with Crippen LogP contribution in [0.4, 0.5) is 13.2 Å². The third-order valence-corrected chi connectivity index (χ3v) is 4.10. The molecule has 0 aromatic carbocycles. The Morgan fingerprint density at radius 3 is 2.43 bits per heavy atom. The lowest BCUT2D eigenvalue weighted by Crippen LogP contribution is -2.46. The highest BCUT2D eigenvalue weighted by Crippen LogP contribution is 2.53. The first-order valence-electron chi connectivity index (χ1n) is 3.76. The van der Waals surface area contributed by atoms with E-state index in [-0.39, 0.29) is 5.04 Å². The van der Waals surface area contributed by atoms with Gasteiger partial charge in [0.2, 0.25) is 0 Å². The summed E-state index contributed by atoms with van der Waals surface area (Å²) >= 11 is 0. The van der Waals surface area contributed by atoms with Crippen LogP contribution >= 0.6 is 10.6 Å². The number of hydrogen-bond acceptors (Lipinski definition) is 4. The summed E-state index contributed by atoms with van der Waals surface area (Å²) in [6.45, 7) is 0.660. The monoisotopic (exact) mass is 232 g/mol. The Morgan fingerprint density at radius 2 is 2.00 bits per heavy atom. The maximum atomic E-state index is 12.4. The van der Waals surface area contributed by atoms with Crippen LogP contribution in [-0.2, 0) is 0 Å². The summed E-state index contributed by atoms with van der Waals surface area (Å²) in [7, 11) is -2.45. The molecule has 8 heteroatoms. The number of hydrazone groups is 1. The van der Waals surface area contributed by atoms with E-state index in [1.807, 2.05) is 0 Å². The average Bonchev–Trinajstić information content (AvgIpc) is 1.95. The molecule has 84 valence electrons. The molecule has 0 radical (unpaired) electrons. The van der Waals surface area contributed by atoms with Crippen LogP contribution < -0.4 is 0 Å². The molecule has 1 rings (SSSR count). The molecule has 0 fully saturated rings. The second kappa shape index (κ2) is 3.28. The molecule has 1 atom stereocenters. The van der Waals surface area contributed by atoms with Gasteiger partial charge in [-0.25, -0.2) is 0 Å². The zero-order valence-electron chi connectivity index (χ0n) is 7.62. The highest BCUT2D eigenvalue weighted by atomic mass is 32.3. The molecule has 1 aliphatic heterocycles. The number of nitrogens with zero attached hydrogens (tertiary/aromatic N) is 2. The van der Waals surface area contributed by atoms with Gasteiger partial charge in [-0.2, -0.15) is 18.3 Å². The van der Waals surface area contributed by atoms with Crippen molar-refractivity contribution in [1.82, 2.24) is 5.01 Å². The van der Waals surface area contributed by atoms with Crippen LogP contribution in [0.3, 0.4) is 0 Å². The van der Waals surface area contributed by atoms with Gasteiger partial charge in [0.1, 0.15) is 5.04 Å². The minimum atomic E-state index is -4.62. The first kappa shape index (κ1) is 11.6. The van der Waals surface area contributed by atoms with E-state index in [2.05, 4.69) is 5.10 Å². The first-order valence-corrected chi connectivity index (χ1v) is 5.37. The van der Waals surface area contributed by atoms with Gasteiger partial charge in [-0.05, 0) is 6.92 Å². The summed E-state index contributed by atoms with van der Waals surface area (Å²) in [5.74, 6) is 0. The number of rotatable bonds is 0. The summed E-state index contributed by atoms with van der Waals surface area (Å²) < 4.78 is 55.8. The Labute approximate surface area is 80.7 Å². The standard InChI is InChI=1S/C6H11F3N2O2S/c1-4-10-11(2)3-5(6(7,8)9)14(4,12)13/h5,12-13H,3H2,1-2H3. The molecule has 0 saturated heterocycles. The zero-order chi connectivity index (χ0) is 11.1. The molecule has 2 N–H and O–H groups in total. The molecule has 0 saturated carbocycles. The molecule has 0 amide bonds. The number of alkyl halides is 3. The van der Waals surface area contributed by atoms with Crippen LogP contribution in [0.1, 0.15) is 6.92 Å². The quantitative estimate of drug-likeness (QED) is 0.671. The van der Waals surface area contributed by atoms with Gasteiger partial charge in [0, 0.05) is 7.05 Å². The van der Waals surface area contributed by atoms with Gasteiger partial charge in [-0.15, -0.1) is 10.6 Å². The van der Waals surface area contributed by atoms with Crippen LogP contribution in [0, 0.1) is 0 Å². The number of halogens is 3. The molecule has 1 aliphatic rings. The lowest BCUT2D eigenvalue weighted by Gasteiger charge is -2.44. The van der Waals surface area contributed by atoms with E-state index < -0.39 is 28.6 Å². The molecule has 1 unspecified atom stereocenters. The van der Waals surface area contributed by atoms with Gasteiger partial charge in [0.25, 0.3) is 0 Å². The van der Waals surface area contributed by atoms with Crippen molar-refractivity contribution in [3.8, 4) is 0 Å². The van der Waals surface area contributed by atoms with Crippen molar-refractivity contribution in [3.63, 3.8) is 0 Å². The van der Waals surface area contributed by atoms with Crippen molar-refractivity contribution in [2.45, 2.75) is 18.3 Å². The Kier molecular flexibility index (Phi) is 2.72. The normalized spacial score (nSPS) is 29.8. The first-order chi connectivity index (χ1) is 6.15. The van der Waals surface area contributed by atoms with E-state index in [0.29, 0.717) is 0 Å². The van der Waals surface area contributed by atoms with E-state index in [9.17, 15) is 22.3 Å². The molecule has 0 bridgehead atoms. The van der Waals surface area contributed by atoms with E-state index >= 15 is 0 Å². The topological polar surface area (TPSA) is 56.1 Å². The summed E-state index contributed by atoms with van der Waals surface area (Å²) in [6.07, 6.45) is -4.62. The SMILES string of the molecule is CC1=NN(C)CC(C(F)(F)F)S1(O)O. The Bertz CT molecular complexity index is 266. The summed E-state index contributed by atoms with van der Waals surface area (Å²) in [5, 5.41) is 2.24. The van der Waals surface area contributed by atoms with Gasteiger partial charge < -0.3 is 0 Å². The average molecular weight is 232 g/mol. The summed E-state index contributed by atoms with van der Waals surface area (Å²) in [5.41, 5.74) is 0. The fraction of sp³-hybridized carbons (Fsp3) is 0.833. The van der Waals surface area contributed by atoms with E-state index in [1.54, 1.807) is 0 Å². The third kappa shape index (κ3) is 1.96. The Morgan fingerprint density at radius 1 is 1.50 bits per heavy atom. The molecular formula is C6H11F3N2O2S. The zero-order valence-corrected chi connectivity index (χ0v) is 8.43. The largest absolute Gasteiger partial charge is 0.410 e. The predicted molar refractivity (Wildman–Crippen MR) is 48.4 cm³/mol. The molecule has 14 heavy (non-hydrogen) atoms. The van der Waals surface area contributed by atoms with Crippen molar-refractivity contribution in [2.24, 2.45) is 5.10 Å². The van der Waals surface area contributed by atoms with Crippen molar-refractivity contribution in [3.05, 3.63) is 0 Å². The van der Waals surface area contributed by atoms with E-state index in [0.717, 1.165) is 5.01 Å². The summed E-state index contributed by atoms with van der Waals surface area (Å²) in [6, 6.07) is 0. The molecular weight excluding hydrogens is 221 g/mol. The highest BCUT2D eigenvalue weighted by Gasteiger charge is 2.51. The lowest BCUT2D eigenvalue weighted by atomic mass is 10.4. The number of hydrogen-bond donors (Lipinski definition) is 2. The minimum absolute atomic E-state index is 0.270. The smallest absolute Gasteiger partial charge is 0.296 e. The molecule has 0 aliphatic carbocycles. The van der Waals surface area contributed by atoms with Gasteiger partial charge >= 0.3 is 6.18 Å².